The van der Waals surface area contributed by atoms with Crippen LogP contribution in [-0.4, -0.2) is 15.9 Å². The van der Waals surface area contributed by atoms with Gasteiger partial charge in [0.15, 0.2) is 0 Å². The Bertz CT molecular complexity index is 441. The maximum absolute atomic E-state index is 10.5. The Morgan fingerprint density at radius 1 is 1.65 bits per heavy atom. The van der Waals surface area contributed by atoms with Crippen LogP contribution in [0.2, 0.25) is 5.15 Å². The molecule has 1 aliphatic rings. The Hall–Kier alpha value is -1.62. The van der Waals surface area contributed by atoms with E-state index >= 15 is 0 Å². The maximum Gasteiger partial charge on any atom is 0.253 e. The molecule has 6 heteroatoms. The highest BCUT2D eigenvalue weighted by atomic mass is 35.5. The Morgan fingerprint density at radius 2 is 2.41 bits per heavy atom. The molecule has 1 aromatic rings. The van der Waals surface area contributed by atoms with Crippen molar-refractivity contribution in [3.05, 3.63) is 51.1 Å². The number of hydrogen-bond donors (Lipinski definition) is 1. The van der Waals surface area contributed by atoms with Crippen molar-refractivity contribution in [2.75, 3.05) is 0 Å². The molecule has 0 spiro atoms. The monoisotopic (exact) mass is 253 g/mol. The normalized spacial score (nSPS) is 15.7. The molecule has 0 unspecified atom stereocenters. The number of rotatable bonds is 5. The van der Waals surface area contributed by atoms with E-state index in [1.165, 1.54) is 0 Å². The summed E-state index contributed by atoms with van der Waals surface area (Å²) in [5.74, 6) is 0. The van der Waals surface area contributed by atoms with E-state index in [0.717, 1.165) is 24.6 Å². The fraction of sp³-hybridized carbons (Fsp3) is 0.364. The zero-order valence-electron chi connectivity index (χ0n) is 9.10. The summed E-state index contributed by atoms with van der Waals surface area (Å²) in [6.07, 6.45) is 5.28. The van der Waals surface area contributed by atoms with Gasteiger partial charge in [0, 0.05) is 18.7 Å². The van der Waals surface area contributed by atoms with Crippen molar-refractivity contribution in [1.82, 2.24) is 10.3 Å². The van der Waals surface area contributed by atoms with Crippen LogP contribution in [0.4, 0.5) is 0 Å². The number of pyridine rings is 1. The number of nitro groups is 1. The predicted molar refractivity (Wildman–Crippen MR) is 64.2 cm³/mol. The van der Waals surface area contributed by atoms with Gasteiger partial charge in [0.1, 0.15) is 5.15 Å². The van der Waals surface area contributed by atoms with Crippen LogP contribution in [-0.2, 0) is 6.42 Å². The molecule has 1 saturated carbocycles. The molecule has 5 nitrogen and oxygen atoms in total. The topological polar surface area (TPSA) is 68.1 Å². The van der Waals surface area contributed by atoms with Gasteiger partial charge in [-0.2, -0.15) is 0 Å². The van der Waals surface area contributed by atoms with Crippen LogP contribution in [0.3, 0.4) is 0 Å². The average Bonchev–Trinajstić information content (AvgIpc) is 3.04. The Labute approximate surface area is 104 Å². The molecule has 1 heterocycles. The molecule has 1 aromatic heterocycles. The highest BCUT2D eigenvalue weighted by molar-refractivity contribution is 6.29. The first-order valence-corrected chi connectivity index (χ1v) is 5.72. The summed E-state index contributed by atoms with van der Waals surface area (Å²) in [6, 6.07) is 3.89. The summed E-state index contributed by atoms with van der Waals surface area (Å²) in [7, 11) is 0. The molecule has 2 rings (SSSR count). The SMILES string of the molecule is O=[N+]([O-])/C=C(\Cc1ccc(Cl)nc1)NC1CC1. The predicted octanol–water partition coefficient (Wildman–Crippen LogP) is 2.15. The minimum absolute atomic E-state index is 0.390. The number of aromatic nitrogens is 1. The summed E-state index contributed by atoms with van der Waals surface area (Å²) in [4.78, 5) is 14.0. The molecule has 90 valence electrons. The van der Waals surface area contributed by atoms with Crippen molar-refractivity contribution in [3.8, 4) is 0 Å². The van der Waals surface area contributed by atoms with Crippen LogP contribution >= 0.6 is 11.6 Å². The van der Waals surface area contributed by atoms with E-state index in [1.807, 2.05) is 6.07 Å². The van der Waals surface area contributed by atoms with Gasteiger partial charge in [-0.3, -0.25) is 10.1 Å². The molecule has 0 aromatic carbocycles. The van der Waals surface area contributed by atoms with Gasteiger partial charge in [0.2, 0.25) is 0 Å². The van der Waals surface area contributed by atoms with E-state index < -0.39 is 4.92 Å². The molecule has 1 fully saturated rings. The molecular weight excluding hydrogens is 242 g/mol. The Balaban J connectivity index is 2.05. The van der Waals surface area contributed by atoms with Crippen molar-refractivity contribution >= 4 is 11.6 Å². The number of halogens is 1. The van der Waals surface area contributed by atoms with Crippen LogP contribution in [0.5, 0.6) is 0 Å². The molecule has 0 atom stereocenters. The fourth-order valence-electron chi connectivity index (χ4n) is 1.48. The summed E-state index contributed by atoms with van der Waals surface area (Å²) < 4.78 is 0. The van der Waals surface area contributed by atoms with Crippen LogP contribution in [0.25, 0.3) is 0 Å². The van der Waals surface area contributed by atoms with Crippen LogP contribution in [0.15, 0.2) is 30.2 Å². The van der Waals surface area contributed by atoms with Gasteiger partial charge < -0.3 is 5.32 Å². The van der Waals surface area contributed by atoms with Gasteiger partial charge in [-0.25, -0.2) is 4.98 Å². The molecule has 1 N–H and O–H groups in total. The molecule has 0 radical (unpaired) electrons. The lowest BCUT2D eigenvalue weighted by atomic mass is 10.1. The molecule has 0 amide bonds. The van der Waals surface area contributed by atoms with Crippen molar-refractivity contribution in [3.63, 3.8) is 0 Å². The quantitative estimate of drug-likeness (QED) is 0.496. The van der Waals surface area contributed by atoms with E-state index in [4.69, 9.17) is 11.6 Å². The molecule has 17 heavy (non-hydrogen) atoms. The van der Waals surface area contributed by atoms with Gasteiger partial charge in [-0.05, 0) is 24.5 Å². The standard InChI is InChI=1S/C11H12ClN3O2/c12-11-4-1-8(6-13-11)5-10(7-15(16)17)14-9-2-3-9/h1,4,6-7,9,14H,2-3,5H2/b10-7+. The number of nitrogens with one attached hydrogen (secondary N) is 1. The second-order valence-electron chi connectivity index (χ2n) is 4.02. The third kappa shape index (κ3) is 4.03. The van der Waals surface area contributed by atoms with E-state index in [2.05, 4.69) is 10.3 Å². The zero-order chi connectivity index (χ0) is 12.3. The van der Waals surface area contributed by atoms with Gasteiger partial charge in [-0.1, -0.05) is 17.7 Å². The number of allylic oxidation sites excluding steroid dienone is 1. The third-order valence-electron chi connectivity index (χ3n) is 2.41. The second kappa shape index (κ2) is 5.14. The van der Waals surface area contributed by atoms with Crippen molar-refractivity contribution < 1.29 is 4.92 Å². The van der Waals surface area contributed by atoms with E-state index in [0.29, 0.717) is 23.3 Å². The molecular formula is C11H12ClN3O2. The van der Waals surface area contributed by atoms with Crippen LogP contribution in [0.1, 0.15) is 18.4 Å². The minimum Gasteiger partial charge on any atom is -0.380 e. The zero-order valence-corrected chi connectivity index (χ0v) is 9.85. The molecule has 0 saturated heterocycles. The molecule has 1 aliphatic carbocycles. The lowest BCUT2D eigenvalue weighted by Crippen LogP contribution is -2.18. The Kier molecular flexibility index (Phi) is 3.58. The van der Waals surface area contributed by atoms with Gasteiger partial charge in [0.05, 0.1) is 10.6 Å². The highest BCUT2D eigenvalue weighted by Gasteiger charge is 2.22. The Morgan fingerprint density at radius 3 is 2.94 bits per heavy atom. The van der Waals surface area contributed by atoms with E-state index in [1.54, 1.807) is 12.3 Å². The lowest BCUT2D eigenvalue weighted by Gasteiger charge is -2.07. The van der Waals surface area contributed by atoms with Gasteiger partial charge in [-0.15, -0.1) is 0 Å². The third-order valence-corrected chi connectivity index (χ3v) is 2.63. The van der Waals surface area contributed by atoms with Crippen molar-refractivity contribution in [2.24, 2.45) is 0 Å². The van der Waals surface area contributed by atoms with Gasteiger partial charge >= 0.3 is 0 Å². The van der Waals surface area contributed by atoms with Crippen molar-refractivity contribution in [1.29, 1.82) is 0 Å². The van der Waals surface area contributed by atoms with E-state index in [9.17, 15) is 10.1 Å². The smallest absolute Gasteiger partial charge is 0.253 e. The summed E-state index contributed by atoms with van der Waals surface area (Å²) >= 11 is 5.68. The van der Waals surface area contributed by atoms with E-state index in [-0.39, 0.29) is 0 Å². The largest absolute Gasteiger partial charge is 0.380 e. The van der Waals surface area contributed by atoms with Crippen LogP contribution in [0, 0.1) is 10.1 Å². The summed E-state index contributed by atoms with van der Waals surface area (Å²) in [5.41, 5.74) is 1.51. The first kappa shape index (κ1) is 11.9. The highest BCUT2D eigenvalue weighted by Crippen LogP contribution is 2.21. The molecule has 0 bridgehead atoms. The summed E-state index contributed by atoms with van der Waals surface area (Å²) in [6.45, 7) is 0. The average molecular weight is 254 g/mol. The van der Waals surface area contributed by atoms with Crippen molar-refractivity contribution in [2.45, 2.75) is 25.3 Å². The first-order valence-electron chi connectivity index (χ1n) is 5.34. The first-order chi connectivity index (χ1) is 8.13. The van der Waals surface area contributed by atoms with Crippen LogP contribution < -0.4 is 5.32 Å². The number of nitrogens with zero attached hydrogens (tertiary/aromatic N) is 2. The van der Waals surface area contributed by atoms with Gasteiger partial charge in [0.25, 0.3) is 6.20 Å². The number of hydrogen-bond acceptors (Lipinski definition) is 4. The molecule has 0 aliphatic heterocycles. The minimum atomic E-state index is -0.436. The lowest BCUT2D eigenvalue weighted by molar-refractivity contribution is -0.403. The second-order valence-corrected chi connectivity index (χ2v) is 4.41. The summed E-state index contributed by atoms with van der Waals surface area (Å²) in [5, 5.41) is 14.1. The fourth-order valence-corrected chi connectivity index (χ4v) is 1.59. The maximum atomic E-state index is 10.5.